The first-order chi connectivity index (χ1) is 11.6. The van der Waals surface area contributed by atoms with Gasteiger partial charge in [-0.15, -0.1) is 0 Å². The molecule has 0 aliphatic rings. The van der Waals surface area contributed by atoms with Crippen LogP contribution in [0.1, 0.15) is 25.0 Å². The van der Waals surface area contributed by atoms with Crippen molar-refractivity contribution in [3.05, 3.63) is 59.7 Å². The molecule has 0 saturated heterocycles. The lowest BCUT2D eigenvalue weighted by molar-refractivity contribution is -0.127. The van der Waals surface area contributed by atoms with Crippen LogP contribution in [-0.4, -0.2) is 25.3 Å². The third-order valence-corrected chi connectivity index (χ3v) is 3.52. The summed E-state index contributed by atoms with van der Waals surface area (Å²) in [6.45, 7) is 3.78. The highest BCUT2D eigenvalue weighted by molar-refractivity contribution is 5.84. The van der Waals surface area contributed by atoms with Crippen LogP contribution in [-0.2, 0) is 11.2 Å². The van der Waals surface area contributed by atoms with E-state index in [1.54, 1.807) is 20.2 Å². The molecule has 5 heteroatoms. The molecule has 0 bridgehead atoms. The number of nitrogens with one attached hydrogen (secondary N) is 1. The predicted octanol–water partition coefficient (Wildman–Crippen LogP) is 3.18. The number of ether oxygens (including phenoxy) is 2. The lowest BCUT2D eigenvalue weighted by Gasteiger charge is -2.13. The molecular weight excluding hydrogens is 304 g/mol. The number of hydrazone groups is 1. The molecule has 0 aromatic heterocycles. The SMILES string of the molecule is CCc1ccc(OC(C)C(=O)NN=Cc2ccc(OC)cc2)cc1. The molecule has 0 fully saturated rings. The molecule has 0 saturated carbocycles. The lowest BCUT2D eigenvalue weighted by Crippen LogP contribution is -2.33. The molecule has 126 valence electrons. The number of methoxy groups -OCH3 is 1. The third kappa shape index (κ3) is 5.12. The average Bonchev–Trinajstić information content (AvgIpc) is 2.62. The summed E-state index contributed by atoms with van der Waals surface area (Å²) >= 11 is 0. The fourth-order valence-corrected chi connectivity index (χ4v) is 2.01. The molecule has 1 N–H and O–H groups in total. The summed E-state index contributed by atoms with van der Waals surface area (Å²) in [4.78, 5) is 12.0. The van der Waals surface area contributed by atoms with Crippen molar-refractivity contribution < 1.29 is 14.3 Å². The number of amides is 1. The maximum Gasteiger partial charge on any atom is 0.280 e. The Hall–Kier alpha value is -2.82. The van der Waals surface area contributed by atoms with Crippen molar-refractivity contribution in [2.45, 2.75) is 26.4 Å². The monoisotopic (exact) mass is 326 g/mol. The molecule has 1 atom stereocenters. The van der Waals surface area contributed by atoms with E-state index in [0.29, 0.717) is 5.75 Å². The Morgan fingerprint density at radius 2 is 1.75 bits per heavy atom. The summed E-state index contributed by atoms with van der Waals surface area (Å²) < 4.78 is 10.7. The predicted molar refractivity (Wildman–Crippen MR) is 94.6 cm³/mol. The van der Waals surface area contributed by atoms with Crippen LogP contribution in [0.3, 0.4) is 0 Å². The number of carbonyl (C=O) groups is 1. The van der Waals surface area contributed by atoms with Gasteiger partial charge in [-0.05, 0) is 60.9 Å². The Morgan fingerprint density at radius 3 is 2.33 bits per heavy atom. The average molecular weight is 326 g/mol. The van der Waals surface area contributed by atoms with Gasteiger partial charge in [-0.25, -0.2) is 5.43 Å². The minimum atomic E-state index is -0.634. The van der Waals surface area contributed by atoms with E-state index in [1.807, 2.05) is 48.5 Å². The van der Waals surface area contributed by atoms with E-state index in [2.05, 4.69) is 17.5 Å². The van der Waals surface area contributed by atoms with E-state index in [0.717, 1.165) is 17.7 Å². The number of aryl methyl sites for hydroxylation is 1. The van der Waals surface area contributed by atoms with Crippen molar-refractivity contribution in [1.29, 1.82) is 0 Å². The number of nitrogens with zero attached hydrogens (tertiary/aromatic N) is 1. The quantitative estimate of drug-likeness (QED) is 0.628. The standard InChI is InChI=1S/C19H22N2O3/c1-4-15-5-11-18(12-6-15)24-14(2)19(22)21-20-13-16-7-9-17(23-3)10-8-16/h5-14H,4H2,1-3H3,(H,21,22). The van der Waals surface area contributed by atoms with E-state index in [-0.39, 0.29) is 5.91 Å². The van der Waals surface area contributed by atoms with Gasteiger partial charge in [0.05, 0.1) is 13.3 Å². The Balaban J connectivity index is 1.84. The maximum absolute atomic E-state index is 12.0. The first-order valence-electron chi connectivity index (χ1n) is 7.85. The van der Waals surface area contributed by atoms with E-state index in [1.165, 1.54) is 5.56 Å². The number of hydrogen-bond acceptors (Lipinski definition) is 4. The van der Waals surface area contributed by atoms with Crippen LogP contribution < -0.4 is 14.9 Å². The summed E-state index contributed by atoms with van der Waals surface area (Å²) in [6, 6.07) is 15.1. The minimum Gasteiger partial charge on any atom is -0.497 e. The largest absolute Gasteiger partial charge is 0.497 e. The molecule has 1 amide bonds. The van der Waals surface area contributed by atoms with Gasteiger partial charge in [0.15, 0.2) is 6.10 Å². The van der Waals surface area contributed by atoms with Crippen molar-refractivity contribution >= 4 is 12.1 Å². The molecule has 1 unspecified atom stereocenters. The molecule has 0 aliphatic heterocycles. The maximum atomic E-state index is 12.0. The van der Waals surface area contributed by atoms with Gasteiger partial charge in [0, 0.05) is 0 Å². The van der Waals surface area contributed by atoms with Gasteiger partial charge in [0.2, 0.25) is 0 Å². The van der Waals surface area contributed by atoms with Crippen LogP contribution in [0.4, 0.5) is 0 Å². The van der Waals surface area contributed by atoms with Crippen molar-refractivity contribution in [3.8, 4) is 11.5 Å². The van der Waals surface area contributed by atoms with Crippen LogP contribution >= 0.6 is 0 Å². The number of hydrogen-bond donors (Lipinski definition) is 1. The topological polar surface area (TPSA) is 59.9 Å². The van der Waals surface area contributed by atoms with Crippen LogP contribution in [0, 0.1) is 0 Å². The fourth-order valence-electron chi connectivity index (χ4n) is 2.01. The van der Waals surface area contributed by atoms with E-state index < -0.39 is 6.10 Å². The Morgan fingerprint density at radius 1 is 1.12 bits per heavy atom. The molecule has 2 rings (SSSR count). The van der Waals surface area contributed by atoms with Gasteiger partial charge in [0.25, 0.3) is 5.91 Å². The van der Waals surface area contributed by atoms with Gasteiger partial charge < -0.3 is 9.47 Å². The van der Waals surface area contributed by atoms with Gasteiger partial charge in [-0.2, -0.15) is 5.10 Å². The zero-order valence-corrected chi connectivity index (χ0v) is 14.2. The van der Waals surface area contributed by atoms with E-state index in [4.69, 9.17) is 9.47 Å². The normalized spacial score (nSPS) is 12.0. The summed E-state index contributed by atoms with van der Waals surface area (Å²) in [6.07, 6.45) is 1.90. The zero-order chi connectivity index (χ0) is 17.4. The van der Waals surface area contributed by atoms with Crippen molar-refractivity contribution in [1.82, 2.24) is 5.43 Å². The number of benzene rings is 2. The summed E-state index contributed by atoms with van der Waals surface area (Å²) in [7, 11) is 1.61. The molecular formula is C19H22N2O3. The van der Waals surface area contributed by atoms with Crippen LogP contribution in [0.5, 0.6) is 11.5 Å². The second-order valence-electron chi connectivity index (χ2n) is 5.26. The lowest BCUT2D eigenvalue weighted by atomic mass is 10.2. The van der Waals surface area contributed by atoms with Crippen molar-refractivity contribution in [2.75, 3.05) is 7.11 Å². The molecule has 24 heavy (non-hydrogen) atoms. The van der Waals surface area contributed by atoms with Crippen molar-refractivity contribution in [3.63, 3.8) is 0 Å². The smallest absolute Gasteiger partial charge is 0.280 e. The highest BCUT2D eigenvalue weighted by Crippen LogP contribution is 2.14. The minimum absolute atomic E-state index is 0.306. The highest BCUT2D eigenvalue weighted by atomic mass is 16.5. The van der Waals surface area contributed by atoms with Gasteiger partial charge in [0.1, 0.15) is 11.5 Å². The summed E-state index contributed by atoms with van der Waals surface area (Å²) in [5.41, 5.74) is 4.56. The number of rotatable bonds is 7. The Kier molecular flexibility index (Phi) is 6.37. The van der Waals surface area contributed by atoms with E-state index in [9.17, 15) is 4.79 Å². The van der Waals surface area contributed by atoms with Crippen LogP contribution in [0.2, 0.25) is 0 Å². The molecule has 0 spiro atoms. The van der Waals surface area contributed by atoms with Gasteiger partial charge in [-0.3, -0.25) is 4.79 Å². The fraction of sp³-hybridized carbons (Fsp3) is 0.263. The van der Waals surface area contributed by atoms with Crippen LogP contribution in [0.15, 0.2) is 53.6 Å². The summed E-state index contributed by atoms with van der Waals surface area (Å²) in [5, 5.41) is 3.94. The Bertz CT molecular complexity index is 679. The first kappa shape index (κ1) is 17.5. The number of carbonyl (C=O) groups excluding carboxylic acids is 1. The molecule has 0 aliphatic carbocycles. The van der Waals surface area contributed by atoms with Gasteiger partial charge in [-0.1, -0.05) is 19.1 Å². The second kappa shape index (κ2) is 8.72. The molecule has 0 radical (unpaired) electrons. The molecule has 2 aromatic rings. The molecule has 2 aromatic carbocycles. The Labute approximate surface area is 142 Å². The molecule has 5 nitrogen and oxygen atoms in total. The van der Waals surface area contributed by atoms with Crippen LogP contribution in [0.25, 0.3) is 0 Å². The molecule has 0 heterocycles. The highest BCUT2D eigenvalue weighted by Gasteiger charge is 2.13. The second-order valence-corrected chi connectivity index (χ2v) is 5.26. The van der Waals surface area contributed by atoms with E-state index >= 15 is 0 Å². The first-order valence-corrected chi connectivity index (χ1v) is 7.85. The summed E-state index contributed by atoms with van der Waals surface area (Å²) in [5.74, 6) is 1.13. The zero-order valence-electron chi connectivity index (χ0n) is 14.2. The third-order valence-electron chi connectivity index (χ3n) is 3.52. The van der Waals surface area contributed by atoms with Crippen molar-refractivity contribution in [2.24, 2.45) is 5.10 Å². The van der Waals surface area contributed by atoms with Gasteiger partial charge >= 0.3 is 0 Å².